The lowest BCUT2D eigenvalue weighted by Gasteiger charge is -2.11. The highest BCUT2D eigenvalue weighted by atomic mass is 35.5. The summed E-state index contributed by atoms with van der Waals surface area (Å²) >= 11 is 6.13. The highest BCUT2D eigenvalue weighted by Crippen LogP contribution is 2.32. The maximum atomic E-state index is 14.4. The monoisotopic (exact) mass is 442 g/mol. The topological polar surface area (TPSA) is 94.6 Å². The molecule has 0 aliphatic heterocycles. The van der Waals surface area contributed by atoms with E-state index in [1.54, 1.807) is 19.9 Å². The fraction of sp³-hybridized carbons (Fsp3) is 0.136. The van der Waals surface area contributed by atoms with Crippen molar-refractivity contribution in [3.63, 3.8) is 0 Å². The smallest absolute Gasteiger partial charge is 0.263 e. The lowest BCUT2D eigenvalue weighted by molar-refractivity contribution is -0.118. The second-order valence-electron chi connectivity index (χ2n) is 6.78. The Kier molecular flexibility index (Phi) is 5.48. The van der Waals surface area contributed by atoms with Crippen molar-refractivity contribution in [1.29, 1.82) is 0 Å². The summed E-state index contributed by atoms with van der Waals surface area (Å²) in [6.07, 6.45) is 0. The van der Waals surface area contributed by atoms with Crippen LogP contribution < -0.4 is 15.5 Å². The molecule has 0 bridgehead atoms. The number of halogens is 2. The van der Waals surface area contributed by atoms with E-state index in [0.29, 0.717) is 11.5 Å². The van der Waals surface area contributed by atoms with E-state index in [-0.39, 0.29) is 45.3 Å². The number of fused-ring (bicyclic) bond motifs is 1. The fourth-order valence-electron chi connectivity index (χ4n) is 3.15. The minimum absolute atomic E-state index is 0.00240. The molecule has 0 fully saturated rings. The van der Waals surface area contributed by atoms with Crippen LogP contribution in [0, 0.1) is 19.7 Å². The van der Waals surface area contributed by atoms with Crippen LogP contribution in [0.4, 0.5) is 10.2 Å². The summed E-state index contributed by atoms with van der Waals surface area (Å²) in [6, 6.07) is 10.3. The molecule has 2 aromatic heterocycles. The number of amides is 1. The fourth-order valence-corrected chi connectivity index (χ4v) is 3.41. The molecular weight excluding hydrogens is 427 g/mol. The summed E-state index contributed by atoms with van der Waals surface area (Å²) in [4.78, 5) is 25.0. The molecule has 0 saturated heterocycles. The summed E-state index contributed by atoms with van der Waals surface area (Å²) in [5.74, 6) is 0.322. The molecule has 4 aromatic rings. The molecule has 1 N–H and O–H groups in total. The molecule has 0 saturated carbocycles. The van der Waals surface area contributed by atoms with Gasteiger partial charge in [-0.05, 0) is 38.1 Å². The van der Waals surface area contributed by atoms with E-state index >= 15 is 0 Å². The molecule has 4 rings (SSSR count). The SMILES string of the molecule is Cc1cc(NC(=O)COc2ccc3c(=O)c(-c4c(F)cccc4Cl)c(C)oc3c2)no1. The summed E-state index contributed by atoms with van der Waals surface area (Å²) in [5.41, 5.74) is -0.121. The lowest BCUT2D eigenvalue weighted by Crippen LogP contribution is -2.20. The minimum atomic E-state index is -0.615. The second kappa shape index (κ2) is 8.23. The Hall–Kier alpha value is -3.65. The van der Waals surface area contributed by atoms with E-state index in [4.69, 9.17) is 25.3 Å². The maximum absolute atomic E-state index is 14.4. The van der Waals surface area contributed by atoms with Crippen LogP contribution in [0.15, 0.2) is 56.2 Å². The zero-order chi connectivity index (χ0) is 22.1. The number of ether oxygens (including phenoxy) is 1. The molecule has 0 atom stereocenters. The first-order valence-corrected chi connectivity index (χ1v) is 9.59. The number of aromatic nitrogens is 1. The van der Waals surface area contributed by atoms with Crippen LogP contribution in [-0.2, 0) is 4.79 Å². The number of nitrogens with zero attached hydrogens (tertiary/aromatic N) is 1. The number of rotatable bonds is 5. The number of aryl methyl sites for hydroxylation is 2. The van der Waals surface area contributed by atoms with Gasteiger partial charge in [-0.1, -0.05) is 22.8 Å². The van der Waals surface area contributed by atoms with Gasteiger partial charge in [0.05, 0.1) is 16.0 Å². The predicted molar refractivity (Wildman–Crippen MR) is 113 cm³/mol. The molecular formula is C22H16ClFN2O5. The molecule has 31 heavy (non-hydrogen) atoms. The van der Waals surface area contributed by atoms with Crippen LogP contribution in [0.5, 0.6) is 5.75 Å². The third-order valence-electron chi connectivity index (χ3n) is 4.52. The van der Waals surface area contributed by atoms with Crippen molar-refractivity contribution >= 4 is 34.3 Å². The number of hydrogen-bond donors (Lipinski definition) is 1. The van der Waals surface area contributed by atoms with Gasteiger partial charge in [0.25, 0.3) is 5.91 Å². The predicted octanol–water partition coefficient (Wildman–Crippen LogP) is 4.87. The molecule has 0 unspecified atom stereocenters. The zero-order valence-electron chi connectivity index (χ0n) is 16.5. The highest BCUT2D eigenvalue weighted by molar-refractivity contribution is 6.33. The number of carbonyl (C=O) groups is 1. The van der Waals surface area contributed by atoms with Crippen LogP contribution in [0.25, 0.3) is 22.1 Å². The first-order valence-electron chi connectivity index (χ1n) is 9.21. The van der Waals surface area contributed by atoms with Crippen LogP contribution in [-0.4, -0.2) is 17.7 Å². The third kappa shape index (κ3) is 4.15. The Labute approximate surface area is 180 Å². The van der Waals surface area contributed by atoms with Gasteiger partial charge >= 0.3 is 0 Å². The van der Waals surface area contributed by atoms with Crippen LogP contribution in [0.2, 0.25) is 5.02 Å². The molecule has 0 radical (unpaired) electrons. The molecule has 0 aliphatic carbocycles. The number of hydrogen-bond acceptors (Lipinski definition) is 6. The van der Waals surface area contributed by atoms with Crippen molar-refractivity contribution in [2.24, 2.45) is 0 Å². The molecule has 0 aliphatic rings. The van der Waals surface area contributed by atoms with Gasteiger partial charge in [-0.25, -0.2) is 4.39 Å². The van der Waals surface area contributed by atoms with E-state index in [9.17, 15) is 14.0 Å². The Bertz CT molecular complexity index is 1340. The summed E-state index contributed by atoms with van der Waals surface area (Å²) < 4.78 is 30.5. The Morgan fingerprint density at radius 2 is 2.00 bits per heavy atom. The number of nitrogens with one attached hydrogen (secondary N) is 1. The van der Waals surface area contributed by atoms with Crippen molar-refractivity contribution in [2.75, 3.05) is 11.9 Å². The molecule has 9 heteroatoms. The molecule has 7 nitrogen and oxygen atoms in total. The van der Waals surface area contributed by atoms with Gasteiger partial charge in [0, 0.05) is 17.7 Å². The van der Waals surface area contributed by atoms with Gasteiger partial charge in [0.2, 0.25) is 5.43 Å². The van der Waals surface area contributed by atoms with Crippen molar-refractivity contribution in [3.05, 3.63) is 75.0 Å². The van der Waals surface area contributed by atoms with Crippen molar-refractivity contribution in [1.82, 2.24) is 5.16 Å². The first kappa shape index (κ1) is 20.6. The van der Waals surface area contributed by atoms with Crippen molar-refractivity contribution < 1.29 is 22.9 Å². The molecule has 158 valence electrons. The minimum Gasteiger partial charge on any atom is -0.484 e. The van der Waals surface area contributed by atoms with E-state index in [0.717, 1.165) is 0 Å². The van der Waals surface area contributed by atoms with Crippen LogP contribution in [0.1, 0.15) is 11.5 Å². The molecule has 2 aromatic carbocycles. The second-order valence-corrected chi connectivity index (χ2v) is 7.18. The quantitative estimate of drug-likeness (QED) is 0.473. The lowest BCUT2D eigenvalue weighted by atomic mass is 10.0. The Morgan fingerprint density at radius 1 is 1.19 bits per heavy atom. The van der Waals surface area contributed by atoms with Gasteiger partial charge in [-0.3, -0.25) is 9.59 Å². The first-order chi connectivity index (χ1) is 14.8. The van der Waals surface area contributed by atoms with E-state index in [1.807, 2.05) is 0 Å². The van der Waals surface area contributed by atoms with Gasteiger partial charge in [-0.15, -0.1) is 0 Å². The zero-order valence-corrected chi connectivity index (χ0v) is 17.2. The van der Waals surface area contributed by atoms with Gasteiger partial charge in [-0.2, -0.15) is 0 Å². The summed E-state index contributed by atoms with van der Waals surface area (Å²) in [5, 5.41) is 6.55. The normalized spacial score (nSPS) is 11.0. The highest BCUT2D eigenvalue weighted by Gasteiger charge is 2.19. The Morgan fingerprint density at radius 3 is 2.71 bits per heavy atom. The standard InChI is InChI=1S/C22H16ClFN2O5/c1-11-8-18(26-31-11)25-19(27)10-29-13-6-7-14-17(9-13)30-12(2)20(22(14)28)21-15(23)4-3-5-16(21)24/h3-9H,10H2,1-2H3,(H,25,26,27). The van der Waals surface area contributed by atoms with Gasteiger partial charge in [0.15, 0.2) is 12.4 Å². The van der Waals surface area contributed by atoms with E-state index in [1.165, 1.54) is 36.4 Å². The molecule has 2 heterocycles. The maximum Gasteiger partial charge on any atom is 0.263 e. The van der Waals surface area contributed by atoms with Crippen molar-refractivity contribution in [2.45, 2.75) is 13.8 Å². The van der Waals surface area contributed by atoms with Gasteiger partial charge < -0.3 is 19.0 Å². The number of anilines is 1. The Balaban J connectivity index is 1.60. The third-order valence-corrected chi connectivity index (χ3v) is 4.83. The molecule has 1 amide bonds. The summed E-state index contributed by atoms with van der Waals surface area (Å²) in [6.45, 7) is 2.97. The van der Waals surface area contributed by atoms with Crippen LogP contribution >= 0.6 is 11.6 Å². The largest absolute Gasteiger partial charge is 0.484 e. The van der Waals surface area contributed by atoms with E-state index in [2.05, 4.69) is 10.5 Å². The average molecular weight is 443 g/mol. The average Bonchev–Trinajstić information content (AvgIpc) is 3.12. The van der Waals surface area contributed by atoms with Crippen molar-refractivity contribution in [3.8, 4) is 16.9 Å². The van der Waals surface area contributed by atoms with E-state index < -0.39 is 17.2 Å². The molecule has 0 spiro atoms. The number of carbonyl (C=O) groups excluding carboxylic acids is 1. The number of benzene rings is 2. The summed E-state index contributed by atoms with van der Waals surface area (Å²) in [7, 11) is 0. The van der Waals surface area contributed by atoms with Crippen LogP contribution in [0.3, 0.4) is 0 Å². The van der Waals surface area contributed by atoms with Gasteiger partial charge in [0.1, 0.15) is 28.7 Å².